The Morgan fingerprint density at radius 3 is 2.42 bits per heavy atom. The second-order valence-electron chi connectivity index (χ2n) is 5.70. The number of hydrogen-bond acceptors (Lipinski definition) is 4. The Morgan fingerprint density at radius 2 is 1.79 bits per heavy atom. The third-order valence-corrected chi connectivity index (χ3v) is 4.17. The summed E-state index contributed by atoms with van der Waals surface area (Å²) < 4.78 is 3.74. The van der Waals surface area contributed by atoms with Gasteiger partial charge in [-0.3, -0.25) is 0 Å². The minimum atomic E-state index is -0.111. The van der Waals surface area contributed by atoms with E-state index in [0.29, 0.717) is 18.5 Å². The number of aryl methyl sites for hydroxylation is 1. The highest BCUT2D eigenvalue weighted by atomic mass is 16.3. The first kappa shape index (κ1) is 16.0. The summed E-state index contributed by atoms with van der Waals surface area (Å²) in [6.45, 7) is 3.37. The van der Waals surface area contributed by atoms with Crippen molar-refractivity contribution in [2.45, 2.75) is 32.9 Å². The number of phenols is 1. The molecular formula is C18H21N3O3. The van der Waals surface area contributed by atoms with Gasteiger partial charge in [0.2, 0.25) is 5.88 Å². The second-order valence-corrected chi connectivity index (χ2v) is 5.70. The number of hydrogen-bond donors (Lipinski definition) is 3. The lowest BCUT2D eigenvalue weighted by Gasteiger charge is -2.10. The molecule has 3 N–H and O–H groups in total. The van der Waals surface area contributed by atoms with Crippen molar-refractivity contribution in [3.05, 3.63) is 48.7 Å². The predicted molar refractivity (Wildman–Crippen MR) is 91.1 cm³/mol. The quantitative estimate of drug-likeness (QED) is 0.649. The van der Waals surface area contributed by atoms with Crippen LogP contribution in [0.15, 0.2) is 43.0 Å². The van der Waals surface area contributed by atoms with Crippen molar-refractivity contribution in [3.8, 4) is 28.5 Å². The van der Waals surface area contributed by atoms with Crippen LogP contribution in [0, 0.1) is 0 Å². The molecule has 2 heterocycles. The molecule has 0 saturated carbocycles. The Morgan fingerprint density at radius 1 is 1.04 bits per heavy atom. The monoisotopic (exact) mass is 327 g/mol. The molecular weight excluding hydrogens is 306 g/mol. The molecule has 1 aromatic carbocycles. The summed E-state index contributed by atoms with van der Waals surface area (Å²) in [7, 11) is 0. The largest absolute Gasteiger partial charge is 0.508 e. The third-order valence-electron chi connectivity index (χ3n) is 4.17. The molecule has 3 aromatic rings. The Labute approximate surface area is 140 Å². The van der Waals surface area contributed by atoms with Crippen LogP contribution in [0.5, 0.6) is 17.4 Å². The van der Waals surface area contributed by atoms with Crippen molar-refractivity contribution in [3.63, 3.8) is 0 Å². The van der Waals surface area contributed by atoms with Crippen LogP contribution in [0.4, 0.5) is 0 Å². The van der Waals surface area contributed by atoms with Crippen LogP contribution >= 0.6 is 0 Å². The summed E-state index contributed by atoms with van der Waals surface area (Å²) in [5.74, 6) is -0.0546. The number of aromatic nitrogens is 3. The molecule has 0 aliphatic carbocycles. The summed E-state index contributed by atoms with van der Waals surface area (Å²) in [4.78, 5) is 4.01. The predicted octanol–water partition coefficient (Wildman–Crippen LogP) is 3.12. The number of nitrogens with zero attached hydrogens (tertiary/aromatic N) is 3. The summed E-state index contributed by atoms with van der Waals surface area (Å²) in [5.41, 5.74) is 2.27. The second kappa shape index (κ2) is 6.70. The highest BCUT2D eigenvalue weighted by Gasteiger charge is 2.22. The van der Waals surface area contributed by atoms with Gasteiger partial charge in [-0.25, -0.2) is 4.98 Å². The lowest BCUT2D eigenvalue weighted by atomic mass is 10.0. The average molecular weight is 327 g/mol. The zero-order valence-electron chi connectivity index (χ0n) is 13.6. The van der Waals surface area contributed by atoms with Crippen molar-refractivity contribution in [1.29, 1.82) is 0 Å². The lowest BCUT2D eigenvalue weighted by Crippen LogP contribution is -2.06. The average Bonchev–Trinajstić information content (AvgIpc) is 3.18. The first-order chi connectivity index (χ1) is 11.6. The van der Waals surface area contributed by atoms with Gasteiger partial charge < -0.3 is 24.5 Å². The zero-order chi connectivity index (χ0) is 17.1. The molecule has 0 bridgehead atoms. The smallest absolute Gasteiger partial charge is 0.235 e. The van der Waals surface area contributed by atoms with Crippen LogP contribution in [-0.2, 0) is 19.5 Å². The standard InChI is InChI=1S/C18H21N3O3/c1-2-15-16(13-4-6-14(22)7-5-13)17(23)18(24)21(15)10-3-9-20-11-8-19-12-20/h4-8,11-12,22-24H,2-3,9-10H2,1H3. The molecule has 2 aromatic heterocycles. The number of benzene rings is 1. The molecule has 24 heavy (non-hydrogen) atoms. The van der Waals surface area contributed by atoms with E-state index in [0.717, 1.165) is 24.2 Å². The molecule has 0 aliphatic rings. The minimum Gasteiger partial charge on any atom is -0.508 e. The van der Waals surface area contributed by atoms with Gasteiger partial charge in [-0.2, -0.15) is 0 Å². The minimum absolute atomic E-state index is 0.111. The van der Waals surface area contributed by atoms with Crippen LogP contribution in [-0.4, -0.2) is 29.4 Å². The fourth-order valence-corrected chi connectivity index (χ4v) is 3.01. The van der Waals surface area contributed by atoms with Gasteiger partial charge in [0.25, 0.3) is 0 Å². The van der Waals surface area contributed by atoms with Crippen molar-refractivity contribution in [1.82, 2.24) is 14.1 Å². The van der Waals surface area contributed by atoms with E-state index < -0.39 is 0 Å². The molecule has 0 saturated heterocycles. The van der Waals surface area contributed by atoms with Crippen LogP contribution in [0.2, 0.25) is 0 Å². The van der Waals surface area contributed by atoms with E-state index >= 15 is 0 Å². The maximum absolute atomic E-state index is 10.4. The molecule has 126 valence electrons. The highest BCUT2D eigenvalue weighted by Crippen LogP contribution is 2.43. The molecule has 0 spiro atoms. The van der Waals surface area contributed by atoms with Gasteiger partial charge in [0, 0.05) is 36.7 Å². The maximum Gasteiger partial charge on any atom is 0.235 e. The molecule has 0 aliphatic heterocycles. The van der Waals surface area contributed by atoms with E-state index in [2.05, 4.69) is 4.98 Å². The van der Waals surface area contributed by atoms with Gasteiger partial charge in [-0.1, -0.05) is 19.1 Å². The number of imidazole rings is 1. The first-order valence-corrected chi connectivity index (χ1v) is 8.00. The molecule has 6 nitrogen and oxygen atoms in total. The topological polar surface area (TPSA) is 83.4 Å². The van der Waals surface area contributed by atoms with Crippen molar-refractivity contribution in [2.75, 3.05) is 0 Å². The molecule has 0 unspecified atom stereocenters. The summed E-state index contributed by atoms with van der Waals surface area (Å²) in [6, 6.07) is 6.61. The van der Waals surface area contributed by atoms with E-state index in [-0.39, 0.29) is 17.4 Å². The Bertz CT molecular complexity index is 805. The van der Waals surface area contributed by atoms with E-state index in [4.69, 9.17) is 0 Å². The van der Waals surface area contributed by atoms with E-state index in [1.807, 2.05) is 17.7 Å². The third kappa shape index (κ3) is 2.95. The van der Waals surface area contributed by atoms with Gasteiger partial charge in [-0.05, 0) is 30.5 Å². The lowest BCUT2D eigenvalue weighted by molar-refractivity contribution is 0.365. The molecule has 6 heteroatoms. The van der Waals surface area contributed by atoms with Crippen LogP contribution < -0.4 is 0 Å². The fraction of sp³-hybridized carbons (Fsp3) is 0.278. The van der Waals surface area contributed by atoms with Gasteiger partial charge >= 0.3 is 0 Å². The molecule has 0 radical (unpaired) electrons. The number of rotatable bonds is 6. The van der Waals surface area contributed by atoms with E-state index in [1.165, 1.54) is 0 Å². The Balaban J connectivity index is 1.89. The molecule has 0 amide bonds. The van der Waals surface area contributed by atoms with Crippen molar-refractivity contribution < 1.29 is 15.3 Å². The van der Waals surface area contributed by atoms with Gasteiger partial charge in [0.1, 0.15) is 5.75 Å². The van der Waals surface area contributed by atoms with Crippen LogP contribution in [0.25, 0.3) is 11.1 Å². The Hall–Kier alpha value is -2.89. The van der Waals surface area contributed by atoms with E-state index in [1.54, 1.807) is 41.4 Å². The zero-order valence-corrected chi connectivity index (χ0v) is 13.6. The van der Waals surface area contributed by atoms with Gasteiger partial charge in [0.05, 0.1) is 6.33 Å². The summed E-state index contributed by atoms with van der Waals surface area (Å²) in [5, 5.41) is 30.2. The maximum atomic E-state index is 10.4. The number of phenolic OH excluding ortho intramolecular Hbond substituents is 1. The SMILES string of the molecule is CCc1c(-c2ccc(O)cc2)c(O)c(O)n1CCCn1ccnc1. The summed E-state index contributed by atoms with van der Waals surface area (Å²) in [6.07, 6.45) is 6.88. The van der Waals surface area contributed by atoms with Gasteiger partial charge in [0.15, 0.2) is 5.75 Å². The van der Waals surface area contributed by atoms with Crippen LogP contribution in [0.3, 0.4) is 0 Å². The Kier molecular flexibility index (Phi) is 4.46. The molecule has 3 rings (SSSR count). The van der Waals surface area contributed by atoms with Gasteiger partial charge in [-0.15, -0.1) is 0 Å². The van der Waals surface area contributed by atoms with Crippen LogP contribution in [0.1, 0.15) is 19.0 Å². The van der Waals surface area contributed by atoms with E-state index in [9.17, 15) is 15.3 Å². The van der Waals surface area contributed by atoms with Crippen molar-refractivity contribution >= 4 is 0 Å². The van der Waals surface area contributed by atoms with Crippen molar-refractivity contribution in [2.24, 2.45) is 0 Å². The highest BCUT2D eigenvalue weighted by molar-refractivity contribution is 5.76. The number of aromatic hydroxyl groups is 3. The fourth-order valence-electron chi connectivity index (χ4n) is 3.01. The first-order valence-electron chi connectivity index (χ1n) is 8.00. The molecule has 0 atom stereocenters. The summed E-state index contributed by atoms with van der Waals surface area (Å²) >= 11 is 0. The normalized spacial score (nSPS) is 11.0. The molecule has 0 fully saturated rings.